The molecule has 1 atom stereocenters. The molecule has 5 heteroatoms. The average Bonchev–Trinajstić information content (AvgIpc) is 2.88. The summed E-state index contributed by atoms with van der Waals surface area (Å²) in [5, 5.41) is 0. The molecule has 122 valence electrons. The number of esters is 1. The van der Waals surface area contributed by atoms with Gasteiger partial charge < -0.3 is 4.74 Å². The number of hydrogen-bond donors (Lipinski definition) is 0. The van der Waals surface area contributed by atoms with Crippen molar-refractivity contribution < 1.29 is 19.1 Å². The third-order valence-electron chi connectivity index (χ3n) is 4.11. The molecule has 1 aliphatic rings. The monoisotopic (exact) mass is 315 g/mol. The Balaban J connectivity index is 1.96. The summed E-state index contributed by atoms with van der Waals surface area (Å²) in [4.78, 5) is 38.0. The summed E-state index contributed by atoms with van der Waals surface area (Å²) < 4.78 is 4.99. The van der Waals surface area contributed by atoms with E-state index in [1.165, 1.54) is 17.9 Å². The van der Waals surface area contributed by atoms with Crippen molar-refractivity contribution in [2.45, 2.75) is 26.2 Å². The summed E-state index contributed by atoms with van der Waals surface area (Å²) in [5.41, 5.74) is -0.230. The van der Waals surface area contributed by atoms with Crippen LogP contribution in [0, 0.1) is 5.41 Å². The van der Waals surface area contributed by atoms with Crippen molar-refractivity contribution in [2.24, 2.45) is 5.41 Å². The molecule has 1 fully saturated rings. The first-order valence-electron chi connectivity index (χ1n) is 7.66. The zero-order valence-corrected chi connectivity index (χ0v) is 13.3. The van der Waals surface area contributed by atoms with Crippen LogP contribution in [-0.2, 0) is 25.5 Å². The van der Waals surface area contributed by atoms with Gasteiger partial charge in [-0.15, -0.1) is 0 Å². The number of benzene rings is 1. The molecule has 0 spiro atoms. The third-order valence-corrected chi connectivity index (χ3v) is 4.11. The minimum Gasteiger partial charge on any atom is -0.461 e. The smallest absolute Gasteiger partial charge is 0.321 e. The van der Waals surface area contributed by atoms with Gasteiger partial charge in [0.1, 0.15) is 12.0 Å². The van der Waals surface area contributed by atoms with Gasteiger partial charge in [0.2, 0.25) is 11.8 Å². The van der Waals surface area contributed by atoms with Gasteiger partial charge in [-0.3, -0.25) is 19.3 Å². The standard InChI is InChI=1S/C18H21NO4/c1-3-13-23-17(22)18(2)11-12-19(16(18)21)15(20)10-9-14-7-5-4-6-8-14/h3-8H,1,9-13H2,2H3. The highest BCUT2D eigenvalue weighted by Gasteiger charge is 2.51. The number of carbonyl (C=O) groups is 3. The summed E-state index contributed by atoms with van der Waals surface area (Å²) in [7, 11) is 0. The summed E-state index contributed by atoms with van der Waals surface area (Å²) in [5.74, 6) is -1.32. The molecule has 1 aromatic rings. The van der Waals surface area contributed by atoms with Gasteiger partial charge in [-0.05, 0) is 25.3 Å². The van der Waals surface area contributed by atoms with E-state index in [0.717, 1.165) is 5.56 Å². The fourth-order valence-corrected chi connectivity index (χ4v) is 2.59. The second-order valence-corrected chi connectivity index (χ2v) is 5.81. The number of hydrogen-bond acceptors (Lipinski definition) is 4. The molecule has 2 amide bonds. The minimum absolute atomic E-state index is 0.0592. The van der Waals surface area contributed by atoms with Crippen molar-refractivity contribution in [3.8, 4) is 0 Å². The summed E-state index contributed by atoms with van der Waals surface area (Å²) in [6.45, 7) is 5.32. The van der Waals surface area contributed by atoms with E-state index in [1.54, 1.807) is 0 Å². The van der Waals surface area contributed by atoms with Crippen molar-refractivity contribution in [3.05, 3.63) is 48.6 Å². The van der Waals surface area contributed by atoms with Crippen LogP contribution in [0.25, 0.3) is 0 Å². The maximum atomic E-state index is 12.5. The van der Waals surface area contributed by atoms with Crippen molar-refractivity contribution >= 4 is 17.8 Å². The quantitative estimate of drug-likeness (QED) is 0.458. The topological polar surface area (TPSA) is 63.7 Å². The maximum Gasteiger partial charge on any atom is 0.321 e. The van der Waals surface area contributed by atoms with Crippen LogP contribution in [0.2, 0.25) is 0 Å². The number of amides is 2. The predicted octanol–water partition coefficient (Wildman–Crippen LogP) is 2.11. The van der Waals surface area contributed by atoms with Crippen molar-refractivity contribution in [1.82, 2.24) is 4.90 Å². The average molecular weight is 315 g/mol. The van der Waals surface area contributed by atoms with Crippen molar-refractivity contribution in [2.75, 3.05) is 13.2 Å². The zero-order chi connectivity index (χ0) is 16.9. The van der Waals surface area contributed by atoms with E-state index in [1.807, 2.05) is 30.3 Å². The Bertz CT molecular complexity index is 611. The first-order valence-corrected chi connectivity index (χ1v) is 7.66. The largest absolute Gasteiger partial charge is 0.461 e. The van der Waals surface area contributed by atoms with E-state index in [0.29, 0.717) is 12.8 Å². The summed E-state index contributed by atoms with van der Waals surface area (Å²) in [6.07, 6.45) is 2.55. The molecule has 23 heavy (non-hydrogen) atoms. The molecule has 1 saturated heterocycles. The molecular weight excluding hydrogens is 294 g/mol. The van der Waals surface area contributed by atoms with E-state index in [4.69, 9.17) is 4.74 Å². The molecule has 0 bridgehead atoms. The molecule has 0 aliphatic carbocycles. The van der Waals surface area contributed by atoms with E-state index >= 15 is 0 Å². The Morgan fingerprint density at radius 1 is 1.35 bits per heavy atom. The minimum atomic E-state index is -1.27. The van der Waals surface area contributed by atoms with Crippen LogP contribution in [0.4, 0.5) is 0 Å². The van der Waals surface area contributed by atoms with Crippen LogP contribution in [0.3, 0.4) is 0 Å². The molecule has 0 aromatic heterocycles. The third kappa shape index (κ3) is 3.67. The highest BCUT2D eigenvalue weighted by molar-refractivity contribution is 6.10. The Morgan fingerprint density at radius 2 is 2.04 bits per heavy atom. The van der Waals surface area contributed by atoms with Gasteiger partial charge in [-0.1, -0.05) is 43.0 Å². The molecule has 2 rings (SSSR count). The molecule has 5 nitrogen and oxygen atoms in total. The Kier molecular flexibility index (Phi) is 5.32. The molecule has 0 radical (unpaired) electrons. The lowest BCUT2D eigenvalue weighted by Crippen LogP contribution is -2.41. The van der Waals surface area contributed by atoms with Crippen molar-refractivity contribution in [3.63, 3.8) is 0 Å². The SMILES string of the molecule is C=CCOC(=O)C1(C)CCN(C(=O)CCc2ccccc2)C1=O. The number of rotatable bonds is 6. The number of aryl methyl sites for hydroxylation is 1. The molecule has 1 aromatic carbocycles. The van der Waals surface area contributed by atoms with Gasteiger partial charge in [0.25, 0.3) is 0 Å². The van der Waals surface area contributed by atoms with Crippen molar-refractivity contribution in [1.29, 1.82) is 0 Å². The second kappa shape index (κ2) is 7.22. The second-order valence-electron chi connectivity index (χ2n) is 5.81. The van der Waals surface area contributed by atoms with Gasteiger partial charge in [0.05, 0.1) is 0 Å². The molecule has 0 N–H and O–H groups in total. The van der Waals surface area contributed by atoms with Crippen LogP contribution in [0.1, 0.15) is 25.3 Å². The van der Waals surface area contributed by atoms with E-state index in [-0.39, 0.29) is 25.5 Å². The fraction of sp³-hybridized carbons (Fsp3) is 0.389. The molecule has 1 unspecified atom stereocenters. The van der Waals surface area contributed by atoms with E-state index < -0.39 is 17.3 Å². The fourth-order valence-electron chi connectivity index (χ4n) is 2.59. The Morgan fingerprint density at radius 3 is 2.70 bits per heavy atom. The van der Waals surface area contributed by atoms with Crippen LogP contribution < -0.4 is 0 Å². The number of imide groups is 1. The van der Waals surface area contributed by atoms with Crippen LogP contribution in [0.5, 0.6) is 0 Å². The van der Waals surface area contributed by atoms with E-state index in [9.17, 15) is 14.4 Å². The van der Waals surface area contributed by atoms with Gasteiger partial charge >= 0.3 is 5.97 Å². The van der Waals surface area contributed by atoms with Crippen LogP contribution in [-0.4, -0.2) is 35.8 Å². The summed E-state index contributed by atoms with van der Waals surface area (Å²) in [6, 6.07) is 9.61. The first kappa shape index (κ1) is 16.9. The van der Waals surface area contributed by atoms with E-state index in [2.05, 4.69) is 6.58 Å². The van der Waals surface area contributed by atoms with Gasteiger partial charge in [0, 0.05) is 13.0 Å². The van der Waals surface area contributed by atoms with Gasteiger partial charge in [-0.25, -0.2) is 0 Å². The lowest BCUT2D eigenvalue weighted by Gasteiger charge is -2.20. The molecule has 1 aliphatic heterocycles. The van der Waals surface area contributed by atoms with Gasteiger partial charge in [0.15, 0.2) is 0 Å². The lowest BCUT2D eigenvalue weighted by atomic mass is 9.89. The zero-order valence-electron chi connectivity index (χ0n) is 13.3. The Labute approximate surface area is 135 Å². The summed E-state index contributed by atoms with van der Waals surface area (Å²) >= 11 is 0. The first-order chi connectivity index (χ1) is 11.0. The highest BCUT2D eigenvalue weighted by atomic mass is 16.5. The maximum absolute atomic E-state index is 12.5. The Hall–Kier alpha value is -2.43. The molecule has 1 heterocycles. The molecular formula is C18H21NO4. The van der Waals surface area contributed by atoms with Crippen LogP contribution >= 0.6 is 0 Å². The number of nitrogens with zero attached hydrogens (tertiary/aromatic N) is 1. The normalized spacial score (nSPS) is 20.4. The number of carbonyl (C=O) groups excluding carboxylic acids is 3. The highest BCUT2D eigenvalue weighted by Crippen LogP contribution is 2.33. The lowest BCUT2D eigenvalue weighted by molar-refractivity contribution is -0.160. The molecule has 0 saturated carbocycles. The number of likely N-dealkylation sites (tertiary alicyclic amines) is 1. The predicted molar refractivity (Wildman–Crippen MR) is 85.4 cm³/mol. The van der Waals surface area contributed by atoms with Crippen LogP contribution in [0.15, 0.2) is 43.0 Å². The van der Waals surface area contributed by atoms with Gasteiger partial charge in [-0.2, -0.15) is 0 Å². The number of ether oxygens (including phenoxy) is 1.